The van der Waals surface area contributed by atoms with Crippen LogP contribution in [0.4, 0.5) is 11.4 Å². The van der Waals surface area contributed by atoms with Gasteiger partial charge in [0.05, 0.1) is 4.92 Å². The summed E-state index contributed by atoms with van der Waals surface area (Å²) in [6.07, 6.45) is 6.96. The number of imidazole rings is 1. The van der Waals surface area contributed by atoms with Gasteiger partial charge in [0.25, 0.3) is 5.69 Å². The molecule has 0 atom stereocenters. The average Bonchev–Trinajstić information content (AvgIpc) is 3.08. The van der Waals surface area contributed by atoms with Gasteiger partial charge in [0.15, 0.2) is 0 Å². The molecule has 7 nitrogen and oxygen atoms in total. The van der Waals surface area contributed by atoms with Crippen molar-refractivity contribution in [2.45, 2.75) is 6.54 Å². The van der Waals surface area contributed by atoms with Crippen molar-refractivity contribution in [3.05, 3.63) is 77.0 Å². The van der Waals surface area contributed by atoms with Crippen molar-refractivity contribution in [2.75, 3.05) is 5.32 Å². The lowest BCUT2D eigenvalue weighted by Crippen LogP contribution is -2.02. The van der Waals surface area contributed by atoms with Crippen LogP contribution in [0.5, 0.6) is 0 Å². The Bertz CT molecular complexity index is 769. The number of hydrogen-bond donors (Lipinski definition) is 1. The van der Waals surface area contributed by atoms with E-state index in [0.29, 0.717) is 6.54 Å². The molecule has 7 heteroatoms. The highest BCUT2D eigenvalue weighted by molar-refractivity contribution is 5.49. The molecule has 0 spiro atoms. The summed E-state index contributed by atoms with van der Waals surface area (Å²) in [5.41, 5.74) is 1.96. The Hall–Kier alpha value is -3.22. The van der Waals surface area contributed by atoms with Crippen molar-refractivity contribution < 1.29 is 4.92 Å². The fraction of sp³-hybridized carbons (Fsp3) is 0.0667. The van der Waals surface area contributed by atoms with E-state index in [-0.39, 0.29) is 5.69 Å². The van der Waals surface area contributed by atoms with Gasteiger partial charge in [-0.3, -0.25) is 14.7 Å². The van der Waals surface area contributed by atoms with Crippen LogP contribution in [0, 0.1) is 10.1 Å². The third-order valence-electron chi connectivity index (χ3n) is 3.15. The zero-order valence-electron chi connectivity index (χ0n) is 11.6. The van der Waals surface area contributed by atoms with Gasteiger partial charge in [0.1, 0.15) is 12.1 Å². The minimum atomic E-state index is -0.413. The molecule has 2 aromatic heterocycles. The second-order valence-corrected chi connectivity index (χ2v) is 4.65. The molecule has 0 bridgehead atoms. The van der Waals surface area contributed by atoms with Crippen LogP contribution < -0.4 is 5.32 Å². The van der Waals surface area contributed by atoms with Gasteiger partial charge in [-0.15, -0.1) is 0 Å². The second-order valence-electron chi connectivity index (χ2n) is 4.65. The lowest BCUT2D eigenvalue weighted by atomic mass is 10.2. The van der Waals surface area contributed by atoms with Gasteiger partial charge in [-0.25, -0.2) is 9.97 Å². The van der Waals surface area contributed by atoms with Gasteiger partial charge in [0.2, 0.25) is 0 Å². The van der Waals surface area contributed by atoms with Gasteiger partial charge in [0, 0.05) is 43.0 Å². The Labute approximate surface area is 126 Å². The van der Waals surface area contributed by atoms with Crippen molar-refractivity contribution in [2.24, 2.45) is 0 Å². The van der Waals surface area contributed by atoms with Crippen molar-refractivity contribution in [1.29, 1.82) is 0 Å². The standard InChI is InChI=1S/C15H13N5O2/c21-20(22)14-3-1-13(2-4-14)18-10-12-5-6-17-15(9-12)19-8-7-16-11-19/h1-9,11,18H,10H2. The maximum Gasteiger partial charge on any atom is 0.269 e. The van der Waals surface area contributed by atoms with E-state index >= 15 is 0 Å². The molecule has 0 aliphatic carbocycles. The van der Waals surface area contributed by atoms with Crippen LogP contribution in [-0.2, 0) is 6.54 Å². The highest BCUT2D eigenvalue weighted by atomic mass is 16.6. The van der Waals surface area contributed by atoms with Crippen molar-refractivity contribution in [1.82, 2.24) is 14.5 Å². The molecule has 3 rings (SSSR count). The first kappa shape index (κ1) is 13.7. The summed E-state index contributed by atoms with van der Waals surface area (Å²) in [6, 6.07) is 10.2. The fourth-order valence-electron chi connectivity index (χ4n) is 2.01. The zero-order valence-corrected chi connectivity index (χ0v) is 11.6. The van der Waals surface area contributed by atoms with E-state index < -0.39 is 4.92 Å². The largest absolute Gasteiger partial charge is 0.381 e. The normalized spacial score (nSPS) is 10.4. The summed E-state index contributed by atoms with van der Waals surface area (Å²) in [7, 11) is 0. The lowest BCUT2D eigenvalue weighted by Gasteiger charge is -2.08. The van der Waals surface area contributed by atoms with E-state index in [4.69, 9.17) is 0 Å². The minimum Gasteiger partial charge on any atom is -0.381 e. The Morgan fingerprint density at radius 3 is 2.68 bits per heavy atom. The van der Waals surface area contributed by atoms with Crippen molar-refractivity contribution in [3.8, 4) is 5.82 Å². The summed E-state index contributed by atoms with van der Waals surface area (Å²) in [4.78, 5) is 18.5. The molecule has 0 aliphatic heterocycles. The van der Waals surface area contributed by atoms with E-state index in [1.165, 1.54) is 12.1 Å². The van der Waals surface area contributed by atoms with Crippen LogP contribution in [0.1, 0.15) is 5.56 Å². The van der Waals surface area contributed by atoms with Crippen LogP contribution in [0.2, 0.25) is 0 Å². The quantitative estimate of drug-likeness (QED) is 0.578. The predicted molar refractivity (Wildman–Crippen MR) is 81.8 cm³/mol. The van der Waals surface area contributed by atoms with Crippen LogP contribution >= 0.6 is 0 Å². The summed E-state index contributed by atoms with van der Waals surface area (Å²) in [5.74, 6) is 0.792. The number of nitro benzene ring substituents is 1. The van der Waals surface area contributed by atoms with Gasteiger partial charge in [-0.2, -0.15) is 0 Å². The first-order chi connectivity index (χ1) is 10.7. The highest BCUT2D eigenvalue weighted by Gasteiger charge is 2.04. The third kappa shape index (κ3) is 3.09. The van der Waals surface area contributed by atoms with Crippen LogP contribution in [0.15, 0.2) is 61.3 Å². The summed E-state index contributed by atoms with van der Waals surface area (Å²) in [5, 5.41) is 13.8. The van der Waals surface area contributed by atoms with Crippen molar-refractivity contribution >= 4 is 11.4 Å². The molecular formula is C15H13N5O2. The molecule has 22 heavy (non-hydrogen) atoms. The predicted octanol–water partition coefficient (Wildman–Crippen LogP) is 2.79. The third-order valence-corrected chi connectivity index (χ3v) is 3.15. The Morgan fingerprint density at radius 2 is 2.00 bits per heavy atom. The molecule has 110 valence electrons. The highest BCUT2D eigenvalue weighted by Crippen LogP contribution is 2.16. The molecular weight excluding hydrogens is 282 g/mol. The summed E-state index contributed by atoms with van der Waals surface area (Å²) in [6.45, 7) is 0.599. The monoisotopic (exact) mass is 295 g/mol. The average molecular weight is 295 g/mol. The first-order valence-electron chi connectivity index (χ1n) is 6.64. The van der Waals surface area contributed by atoms with Crippen LogP contribution in [-0.4, -0.2) is 19.5 Å². The number of aromatic nitrogens is 3. The number of nitro groups is 1. The Morgan fingerprint density at radius 1 is 1.18 bits per heavy atom. The number of anilines is 1. The molecule has 1 N–H and O–H groups in total. The molecule has 0 amide bonds. The molecule has 0 aliphatic rings. The molecule has 0 radical (unpaired) electrons. The number of benzene rings is 1. The first-order valence-corrected chi connectivity index (χ1v) is 6.64. The zero-order chi connectivity index (χ0) is 15.4. The number of hydrogen-bond acceptors (Lipinski definition) is 5. The molecule has 0 unspecified atom stereocenters. The van der Waals surface area contributed by atoms with E-state index in [1.54, 1.807) is 30.9 Å². The van der Waals surface area contributed by atoms with Crippen LogP contribution in [0.3, 0.4) is 0 Å². The molecule has 1 aromatic carbocycles. The summed E-state index contributed by atoms with van der Waals surface area (Å²) >= 11 is 0. The number of nitrogens with zero attached hydrogens (tertiary/aromatic N) is 4. The lowest BCUT2D eigenvalue weighted by molar-refractivity contribution is -0.384. The molecule has 0 saturated heterocycles. The molecule has 2 heterocycles. The number of nitrogens with one attached hydrogen (secondary N) is 1. The van der Waals surface area contributed by atoms with Gasteiger partial charge < -0.3 is 5.32 Å². The van der Waals surface area contributed by atoms with Gasteiger partial charge in [-0.1, -0.05) is 0 Å². The van der Waals surface area contributed by atoms with Crippen LogP contribution in [0.25, 0.3) is 5.82 Å². The Kier molecular flexibility index (Phi) is 3.78. The van der Waals surface area contributed by atoms with E-state index in [2.05, 4.69) is 15.3 Å². The van der Waals surface area contributed by atoms with Gasteiger partial charge >= 0.3 is 0 Å². The van der Waals surface area contributed by atoms with Gasteiger partial charge in [-0.05, 0) is 29.8 Å². The maximum atomic E-state index is 10.6. The number of rotatable bonds is 5. The number of non-ortho nitro benzene ring substituents is 1. The smallest absolute Gasteiger partial charge is 0.269 e. The maximum absolute atomic E-state index is 10.6. The molecule has 0 fully saturated rings. The fourth-order valence-corrected chi connectivity index (χ4v) is 2.01. The van der Waals surface area contributed by atoms with E-state index in [9.17, 15) is 10.1 Å². The second kappa shape index (κ2) is 6.04. The molecule has 3 aromatic rings. The SMILES string of the molecule is O=[N+]([O-])c1ccc(NCc2ccnc(-n3ccnc3)c2)cc1. The molecule has 0 saturated carbocycles. The minimum absolute atomic E-state index is 0.0804. The topological polar surface area (TPSA) is 85.9 Å². The number of pyridine rings is 1. The van der Waals surface area contributed by atoms with E-state index in [1.807, 2.05) is 22.9 Å². The van der Waals surface area contributed by atoms with E-state index in [0.717, 1.165) is 17.1 Å². The summed E-state index contributed by atoms with van der Waals surface area (Å²) < 4.78 is 1.83. The Balaban J connectivity index is 1.69. The van der Waals surface area contributed by atoms with Crippen molar-refractivity contribution in [3.63, 3.8) is 0 Å².